The number of halogens is 2. The van der Waals surface area contributed by atoms with Gasteiger partial charge in [-0.1, -0.05) is 18.1 Å². The van der Waals surface area contributed by atoms with Gasteiger partial charge in [-0.2, -0.15) is 5.10 Å². The van der Waals surface area contributed by atoms with Gasteiger partial charge >= 0.3 is 0 Å². The maximum Gasteiger partial charge on any atom is 0.243 e. The summed E-state index contributed by atoms with van der Waals surface area (Å²) in [6.07, 6.45) is 1.87. The summed E-state index contributed by atoms with van der Waals surface area (Å²) >= 11 is 6.38. The Morgan fingerprint density at radius 1 is 1.12 bits per heavy atom. The molecule has 1 amide bonds. The molecule has 2 aromatic carbocycles. The molecule has 176 valence electrons. The third-order valence-corrected chi connectivity index (χ3v) is 6.46. The average Bonchev–Trinajstić information content (AvgIpc) is 3.32. The van der Waals surface area contributed by atoms with Crippen molar-refractivity contribution in [3.63, 3.8) is 0 Å². The molecular formula is C24H25ClFN5O2Si. The minimum atomic E-state index is -0.335. The molecule has 0 aliphatic heterocycles. The van der Waals surface area contributed by atoms with E-state index < -0.39 is 0 Å². The number of carbonyl (C=O) groups is 1. The number of amides is 1. The van der Waals surface area contributed by atoms with Crippen LogP contribution in [0.25, 0.3) is 22.3 Å². The summed E-state index contributed by atoms with van der Waals surface area (Å²) in [5.74, 6) is -0.620. The molecule has 10 heteroatoms. The minimum Gasteiger partial charge on any atom is -0.376 e. The molecule has 4 aromatic rings. The Kier molecular flexibility index (Phi) is 7.89. The first-order valence-corrected chi connectivity index (χ1v) is 13.8. The average molecular weight is 498 g/mol. The van der Waals surface area contributed by atoms with Crippen LogP contribution >= 0.6 is 11.6 Å². The molecule has 7 nitrogen and oxygen atoms in total. The largest absolute Gasteiger partial charge is 0.376 e. The number of hydrogen-bond donors (Lipinski definition) is 2. The Morgan fingerprint density at radius 2 is 1.94 bits per heavy atom. The fraction of sp³-hybridized carbons (Fsp3) is 0.208. The second kappa shape index (κ2) is 11.2. The van der Waals surface area contributed by atoms with Crippen LogP contribution in [0.15, 0.2) is 60.8 Å². The summed E-state index contributed by atoms with van der Waals surface area (Å²) in [4.78, 5) is 17.2. The molecule has 0 aliphatic carbocycles. The van der Waals surface area contributed by atoms with E-state index in [0.717, 1.165) is 23.7 Å². The van der Waals surface area contributed by atoms with Gasteiger partial charge < -0.3 is 15.4 Å². The van der Waals surface area contributed by atoms with E-state index >= 15 is 0 Å². The number of benzene rings is 2. The Bertz CT molecular complexity index is 1280. The lowest BCUT2D eigenvalue weighted by Gasteiger charge is -2.12. The number of nitrogens with zero attached hydrogens (tertiary/aromatic N) is 3. The fourth-order valence-electron chi connectivity index (χ4n) is 3.36. The van der Waals surface area contributed by atoms with Crippen molar-refractivity contribution in [3.8, 4) is 11.4 Å². The third kappa shape index (κ3) is 5.99. The molecule has 0 bridgehead atoms. The first-order chi connectivity index (χ1) is 16.5. The van der Waals surface area contributed by atoms with Gasteiger partial charge in [-0.3, -0.25) is 4.79 Å². The first kappa shape index (κ1) is 23.9. The van der Waals surface area contributed by atoms with Crippen LogP contribution in [0.3, 0.4) is 0 Å². The second-order valence-corrected chi connectivity index (χ2v) is 9.84. The summed E-state index contributed by atoms with van der Waals surface area (Å²) in [6, 6.07) is 16.1. The lowest BCUT2D eigenvalue weighted by Crippen LogP contribution is -2.22. The predicted octanol–water partition coefficient (Wildman–Crippen LogP) is 4.55. The minimum absolute atomic E-state index is 0.00378. The van der Waals surface area contributed by atoms with Gasteiger partial charge in [0.25, 0.3) is 0 Å². The van der Waals surface area contributed by atoms with Crippen molar-refractivity contribution in [2.24, 2.45) is 0 Å². The molecule has 0 aliphatic rings. The molecule has 0 radical (unpaired) electrons. The second-order valence-electron chi connectivity index (χ2n) is 7.73. The third-order valence-electron chi connectivity index (χ3n) is 5.15. The van der Waals surface area contributed by atoms with Crippen molar-refractivity contribution in [2.75, 3.05) is 23.8 Å². The summed E-state index contributed by atoms with van der Waals surface area (Å²) < 4.78 is 20.4. The summed E-state index contributed by atoms with van der Waals surface area (Å²) in [7, 11) is 0.0101. The van der Waals surface area contributed by atoms with Crippen LogP contribution in [0.1, 0.15) is 0 Å². The van der Waals surface area contributed by atoms with Crippen molar-refractivity contribution in [3.05, 3.63) is 71.6 Å². The molecule has 2 heterocycles. The zero-order chi connectivity index (χ0) is 23.9. The van der Waals surface area contributed by atoms with Crippen LogP contribution in [0.4, 0.5) is 15.8 Å². The number of carbonyl (C=O) groups excluding carboxylic acids is 1. The normalized spacial score (nSPS) is 11.4. The van der Waals surface area contributed by atoms with E-state index in [2.05, 4.69) is 22.3 Å². The van der Waals surface area contributed by atoms with Gasteiger partial charge in [-0.15, -0.1) is 0 Å². The van der Waals surface area contributed by atoms with Crippen molar-refractivity contribution >= 4 is 49.3 Å². The predicted molar refractivity (Wildman–Crippen MR) is 137 cm³/mol. The van der Waals surface area contributed by atoms with Crippen LogP contribution < -0.4 is 10.6 Å². The number of pyridine rings is 1. The van der Waals surface area contributed by atoms with E-state index in [-0.39, 0.29) is 27.8 Å². The van der Waals surface area contributed by atoms with E-state index in [1.165, 1.54) is 12.1 Å². The fourth-order valence-corrected chi connectivity index (χ4v) is 4.06. The number of hydrogen-bond acceptors (Lipinski definition) is 5. The molecular weight excluding hydrogens is 473 g/mol. The van der Waals surface area contributed by atoms with Crippen molar-refractivity contribution in [1.82, 2.24) is 14.8 Å². The van der Waals surface area contributed by atoms with Gasteiger partial charge in [-0.05, 0) is 60.6 Å². The highest BCUT2D eigenvalue weighted by Gasteiger charge is 2.13. The van der Waals surface area contributed by atoms with Gasteiger partial charge in [0, 0.05) is 33.4 Å². The molecule has 0 unspecified atom stereocenters. The Morgan fingerprint density at radius 3 is 2.74 bits per heavy atom. The van der Waals surface area contributed by atoms with Crippen molar-refractivity contribution in [2.45, 2.75) is 19.3 Å². The van der Waals surface area contributed by atoms with Crippen LogP contribution in [-0.4, -0.2) is 43.3 Å². The molecule has 0 spiro atoms. The zero-order valence-corrected chi connectivity index (χ0v) is 20.9. The highest BCUT2D eigenvalue weighted by atomic mass is 35.5. The number of aromatic nitrogens is 3. The van der Waals surface area contributed by atoms with Crippen molar-refractivity contribution in [1.29, 1.82) is 0 Å². The molecule has 4 rings (SSSR count). The lowest BCUT2D eigenvalue weighted by molar-refractivity contribution is -0.114. The van der Waals surface area contributed by atoms with Gasteiger partial charge in [0.1, 0.15) is 18.2 Å². The SMILES string of the molecule is C[SiH2]CCOCn1ccc(-c2ccc3c(NC(=O)CNc4ccc(F)cc4)c(Cl)ccc3n2)n1. The zero-order valence-electron chi connectivity index (χ0n) is 18.7. The number of nitrogens with one attached hydrogen (secondary N) is 2. The molecule has 2 aromatic heterocycles. The molecule has 0 saturated carbocycles. The smallest absolute Gasteiger partial charge is 0.243 e. The number of anilines is 2. The van der Waals surface area contributed by atoms with Crippen LogP contribution in [-0.2, 0) is 16.3 Å². The Balaban J connectivity index is 1.46. The summed E-state index contributed by atoms with van der Waals surface area (Å²) in [5.41, 5.74) is 3.26. The van der Waals surface area contributed by atoms with Crippen LogP contribution in [0.5, 0.6) is 0 Å². The van der Waals surface area contributed by atoms with E-state index in [0.29, 0.717) is 34.3 Å². The Labute approximate surface area is 204 Å². The van der Waals surface area contributed by atoms with E-state index in [1.807, 2.05) is 30.5 Å². The quantitative estimate of drug-likeness (QED) is 0.248. The summed E-state index contributed by atoms with van der Waals surface area (Å²) in [6.45, 7) is 3.44. The number of rotatable bonds is 10. The van der Waals surface area contributed by atoms with Gasteiger partial charge in [0.05, 0.1) is 28.5 Å². The van der Waals surface area contributed by atoms with Gasteiger partial charge in [0.15, 0.2) is 0 Å². The number of fused-ring (bicyclic) bond motifs is 1. The molecule has 0 fully saturated rings. The maximum atomic E-state index is 13.0. The topological polar surface area (TPSA) is 81.1 Å². The Hall–Kier alpha value is -3.27. The highest BCUT2D eigenvalue weighted by molar-refractivity contribution is 6.35. The molecule has 0 saturated heterocycles. The monoisotopic (exact) mass is 497 g/mol. The van der Waals surface area contributed by atoms with Crippen LogP contribution in [0.2, 0.25) is 17.6 Å². The van der Waals surface area contributed by atoms with E-state index in [9.17, 15) is 9.18 Å². The lowest BCUT2D eigenvalue weighted by atomic mass is 10.1. The van der Waals surface area contributed by atoms with Gasteiger partial charge in [0.2, 0.25) is 5.91 Å². The molecule has 2 N–H and O–H groups in total. The molecule has 0 atom stereocenters. The standard InChI is InChI=1S/C24H25ClFN5O2Si/c1-34-13-12-33-15-31-11-10-22(30-31)21-8-6-18-20(28-21)9-7-19(25)24(18)29-23(32)14-27-17-4-2-16(26)3-5-17/h2-11,27H,12-15,34H2,1H3,(H,29,32). The molecule has 34 heavy (non-hydrogen) atoms. The van der Waals surface area contributed by atoms with Gasteiger partial charge in [-0.25, -0.2) is 14.1 Å². The van der Waals surface area contributed by atoms with Crippen LogP contribution in [0, 0.1) is 5.82 Å². The van der Waals surface area contributed by atoms with E-state index in [1.54, 1.807) is 22.9 Å². The summed E-state index contributed by atoms with van der Waals surface area (Å²) in [5, 5.41) is 11.5. The van der Waals surface area contributed by atoms with E-state index in [4.69, 9.17) is 21.3 Å². The highest BCUT2D eigenvalue weighted by Crippen LogP contribution is 2.32. The maximum absolute atomic E-state index is 13.0. The first-order valence-electron chi connectivity index (χ1n) is 11.0. The number of ether oxygens (including phenoxy) is 1. The van der Waals surface area contributed by atoms with Crippen molar-refractivity contribution < 1.29 is 13.9 Å².